The van der Waals surface area contributed by atoms with Crippen LogP contribution in [0.2, 0.25) is 0 Å². The van der Waals surface area contributed by atoms with E-state index in [9.17, 15) is 12.4 Å². The predicted octanol–water partition coefficient (Wildman–Crippen LogP) is 16.7. The molecule has 69 heavy (non-hydrogen) atoms. The number of hydrogen-bond acceptors (Lipinski definition) is 4. The molecule has 5 nitrogen and oxygen atoms in total. The Hall–Kier alpha value is -6.97. The molecule has 0 atom stereocenters. The number of nitriles is 1. The summed E-state index contributed by atoms with van der Waals surface area (Å²) in [6.45, 7) is 7.39. The smallest absolute Gasteiger partial charge is 0.121 e. The first-order chi connectivity index (χ1) is 37.3. The molecule has 0 aliphatic carbocycles. The monoisotopic (exact) mass is 1100 g/mol. The molecule has 0 spiro atoms. The molecule has 0 aliphatic heterocycles. The van der Waals surface area contributed by atoms with Crippen LogP contribution in [0.15, 0.2) is 150 Å². The SMILES string of the molecule is [2H]C([2H])([2H])c1cnc(-c2[c-]cc(F)cc2)cc1C([2H])([2H])[2H].[2H]c1cc(C([2H])([2H])C(C)(C)C)cc([2H])c1-c1cc(C([2H])(C)C)c(-n2c(-c3[c-]ccc4c3oc3cc(-c5cccc(C#N)c5)ccc34)nc3ccccc32)c(C([2H])(C)C)c1.[Ir]. The molecule has 0 N–H and O–H groups in total. The summed E-state index contributed by atoms with van der Waals surface area (Å²) in [7, 11) is 0. The number of imidazole rings is 1. The van der Waals surface area contributed by atoms with Gasteiger partial charge in [0.25, 0.3) is 0 Å². The van der Waals surface area contributed by atoms with Gasteiger partial charge in [0.15, 0.2) is 0 Å². The Kier molecular flexibility index (Phi) is 10.2. The molecule has 0 fully saturated rings. The molecule has 3 heterocycles. The molecular formula is C62H55FIrN4O-2. The van der Waals surface area contributed by atoms with Gasteiger partial charge in [0.1, 0.15) is 5.58 Å². The van der Waals surface area contributed by atoms with Crippen LogP contribution in [0.1, 0.15) is 110 Å². The fourth-order valence-corrected chi connectivity index (χ4v) is 8.28. The molecule has 10 rings (SSSR count). The first-order valence-corrected chi connectivity index (χ1v) is 22.1. The van der Waals surface area contributed by atoms with E-state index in [1.807, 2.05) is 89.5 Å². The number of para-hydroxylation sites is 2. The second-order valence-corrected chi connectivity index (χ2v) is 18.1. The first kappa shape index (κ1) is 35.2. The van der Waals surface area contributed by atoms with Gasteiger partial charge in [-0.1, -0.05) is 132 Å². The Morgan fingerprint density at radius 1 is 0.812 bits per heavy atom. The van der Waals surface area contributed by atoms with Gasteiger partial charge >= 0.3 is 0 Å². The van der Waals surface area contributed by atoms with E-state index < -0.39 is 43.1 Å². The number of fused-ring (bicyclic) bond motifs is 4. The van der Waals surface area contributed by atoms with Crippen molar-refractivity contribution >= 4 is 33.0 Å². The van der Waals surface area contributed by atoms with Gasteiger partial charge in [-0.3, -0.25) is 9.37 Å². The summed E-state index contributed by atoms with van der Waals surface area (Å²) < 4.78 is 121. The number of rotatable bonds is 8. The average Bonchev–Trinajstić information content (AvgIpc) is 3.96. The van der Waals surface area contributed by atoms with Crippen LogP contribution in [0, 0.1) is 48.4 Å². The number of benzene rings is 7. The number of furan rings is 1. The average molecular weight is 1100 g/mol. The van der Waals surface area contributed by atoms with E-state index in [2.05, 4.69) is 23.2 Å². The molecule has 0 amide bonds. The minimum atomic E-state index is -2.58. The zero-order valence-corrected chi connectivity index (χ0v) is 41.5. The van der Waals surface area contributed by atoms with E-state index in [1.165, 1.54) is 30.3 Å². The van der Waals surface area contributed by atoms with E-state index in [0.29, 0.717) is 67.1 Å². The van der Waals surface area contributed by atoms with Crippen LogP contribution in [0.25, 0.3) is 83.6 Å². The third-order valence-corrected chi connectivity index (χ3v) is 11.5. The van der Waals surface area contributed by atoms with Crippen LogP contribution in [0.5, 0.6) is 0 Å². The minimum Gasteiger partial charge on any atom is -0.501 e. The van der Waals surface area contributed by atoms with Crippen molar-refractivity contribution in [2.24, 2.45) is 5.41 Å². The third kappa shape index (κ3) is 10.1. The normalized spacial score (nSPS) is 14.9. The van der Waals surface area contributed by atoms with Crippen molar-refractivity contribution in [3.63, 3.8) is 0 Å². The Morgan fingerprint density at radius 2 is 1.55 bits per heavy atom. The number of pyridine rings is 1. The van der Waals surface area contributed by atoms with Crippen molar-refractivity contribution < 1.29 is 45.4 Å². The van der Waals surface area contributed by atoms with Crippen molar-refractivity contribution in [2.45, 2.75) is 80.3 Å². The molecular weight excluding hydrogens is 1030 g/mol. The third-order valence-electron chi connectivity index (χ3n) is 11.5. The van der Waals surface area contributed by atoms with Gasteiger partial charge in [0, 0.05) is 56.9 Å². The molecule has 0 aliphatic rings. The molecule has 0 saturated heterocycles. The minimum absolute atomic E-state index is 0. The maximum atomic E-state index is 12.9. The Bertz CT molecular complexity index is 4020. The summed E-state index contributed by atoms with van der Waals surface area (Å²) in [5, 5.41) is 11.3. The van der Waals surface area contributed by atoms with E-state index in [4.69, 9.17) is 23.1 Å². The Labute approximate surface area is 435 Å². The van der Waals surface area contributed by atoms with Crippen molar-refractivity contribution in [3.05, 3.63) is 197 Å². The van der Waals surface area contributed by atoms with E-state index >= 15 is 0 Å². The van der Waals surface area contributed by atoms with Crippen LogP contribution in [-0.4, -0.2) is 14.5 Å². The molecule has 3 aromatic heterocycles. The van der Waals surface area contributed by atoms with Crippen LogP contribution >= 0.6 is 0 Å². The fraction of sp³-hybridized carbons (Fsp3) is 0.210. The largest absolute Gasteiger partial charge is 0.501 e. The Morgan fingerprint density at radius 3 is 2.23 bits per heavy atom. The maximum absolute atomic E-state index is 12.9. The number of nitrogens with zero attached hydrogens (tertiary/aromatic N) is 4. The van der Waals surface area contributed by atoms with Crippen LogP contribution < -0.4 is 0 Å². The molecule has 10 aromatic rings. The summed E-state index contributed by atoms with van der Waals surface area (Å²) in [6.07, 6.45) is -0.768. The van der Waals surface area contributed by atoms with Gasteiger partial charge in [-0.05, 0) is 130 Å². The van der Waals surface area contributed by atoms with E-state index in [0.717, 1.165) is 39.7 Å². The summed E-state index contributed by atoms with van der Waals surface area (Å²) in [5.74, 6) is -2.45. The van der Waals surface area contributed by atoms with Gasteiger partial charge in [-0.2, -0.15) is 5.26 Å². The number of hydrogen-bond donors (Lipinski definition) is 0. The summed E-state index contributed by atoms with van der Waals surface area (Å²) in [6, 6.07) is 44.9. The first-order valence-electron chi connectivity index (χ1n) is 28.1. The maximum Gasteiger partial charge on any atom is 0.121 e. The quantitative estimate of drug-likeness (QED) is 0.142. The summed E-state index contributed by atoms with van der Waals surface area (Å²) in [5.41, 5.74) is 7.68. The summed E-state index contributed by atoms with van der Waals surface area (Å²) in [4.78, 5) is 9.15. The molecule has 1 radical (unpaired) electrons. The van der Waals surface area contributed by atoms with E-state index in [-0.39, 0.29) is 54.6 Å². The van der Waals surface area contributed by atoms with Crippen molar-refractivity contribution in [1.82, 2.24) is 14.5 Å². The second kappa shape index (κ2) is 19.9. The molecule has 7 aromatic carbocycles. The fourth-order valence-electron chi connectivity index (χ4n) is 8.28. The predicted molar refractivity (Wildman–Crippen MR) is 277 cm³/mol. The van der Waals surface area contributed by atoms with Crippen molar-refractivity contribution in [3.8, 4) is 56.7 Å². The second-order valence-electron chi connectivity index (χ2n) is 18.1. The zero-order valence-electron chi connectivity index (χ0n) is 51.1. The number of aromatic nitrogens is 3. The van der Waals surface area contributed by atoms with Crippen molar-refractivity contribution in [1.29, 1.82) is 5.26 Å². The van der Waals surface area contributed by atoms with Crippen LogP contribution in [0.3, 0.4) is 0 Å². The van der Waals surface area contributed by atoms with Gasteiger partial charge in [0.2, 0.25) is 0 Å². The standard InChI is InChI=1S/C49H44N3O.C13H11FN.Ir/c1-30(2)41-25-37(34-20-18-32(19-21-34)28-49(5,6)7)26-42(31(3)4)46(41)52-44-17-9-8-16-43(44)51-48(52)40-15-11-14-39-38-23-22-36(27-45(38)53-47(39)40)35-13-10-12-33(24-35)29-50;1-9-7-13(15-8-10(9)2)11-3-5-12(14)6-4-11;/h8-14,16-27,30-31H,28H2,1-7H3;3,5-8H,1-2H3;/q2*-1;/i20D,21D,28D2,30D,31D;1D3,2D3;. The number of halogens is 1. The van der Waals surface area contributed by atoms with Gasteiger partial charge in [-0.25, -0.2) is 0 Å². The van der Waals surface area contributed by atoms with Crippen molar-refractivity contribution in [2.75, 3.05) is 0 Å². The van der Waals surface area contributed by atoms with E-state index in [1.54, 1.807) is 54.5 Å². The van der Waals surface area contributed by atoms with Gasteiger partial charge in [0.05, 0.1) is 36.8 Å². The topological polar surface area (TPSA) is 67.6 Å². The van der Waals surface area contributed by atoms with Crippen LogP contribution in [-0.2, 0) is 26.5 Å². The molecule has 0 saturated carbocycles. The molecule has 0 unspecified atom stereocenters. The molecule has 7 heteroatoms. The molecule has 347 valence electrons. The van der Waals surface area contributed by atoms with Gasteiger partial charge in [-0.15, -0.1) is 48.0 Å². The zero-order chi connectivity index (χ0) is 58.2. The Balaban J connectivity index is 0.000000329. The number of aryl methyl sites for hydroxylation is 2. The van der Waals surface area contributed by atoms with Crippen LogP contribution in [0.4, 0.5) is 4.39 Å². The molecule has 0 bridgehead atoms. The summed E-state index contributed by atoms with van der Waals surface area (Å²) >= 11 is 0. The van der Waals surface area contributed by atoms with Gasteiger partial charge < -0.3 is 14.0 Å².